The third kappa shape index (κ3) is 3.95. The summed E-state index contributed by atoms with van der Waals surface area (Å²) in [5.41, 5.74) is 3.30. The zero-order valence-corrected chi connectivity index (χ0v) is 19.4. The fourth-order valence-corrected chi connectivity index (χ4v) is 4.74. The van der Waals surface area contributed by atoms with Crippen LogP contribution in [0.15, 0.2) is 41.1 Å². The van der Waals surface area contributed by atoms with Crippen molar-refractivity contribution in [2.75, 3.05) is 37.4 Å². The minimum absolute atomic E-state index is 0.232. The molecule has 0 aliphatic carbocycles. The Labute approximate surface area is 191 Å². The maximum atomic E-state index is 14.5. The molecule has 4 heterocycles. The van der Waals surface area contributed by atoms with Crippen molar-refractivity contribution in [2.45, 2.75) is 32.7 Å². The minimum Gasteiger partial charge on any atom is -0.460 e. The van der Waals surface area contributed by atoms with Crippen LogP contribution in [0.1, 0.15) is 34.7 Å². The molecule has 1 amide bonds. The van der Waals surface area contributed by atoms with E-state index in [2.05, 4.69) is 34.2 Å². The van der Waals surface area contributed by atoms with Crippen molar-refractivity contribution in [1.29, 1.82) is 0 Å². The van der Waals surface area contributed by atoms with Gasteiger partial charge in [0.1, 0.15) is 11.3 Å². The molecular formula is C25H28FN5O2. The number of nitrogens with one attached hydrogen (secondary N) is 1. The number of rotatable bonds is 4. The van der Waals surface area contributed by atoms with E-state index in [1.54, 1.807) is 29.8 Å². The SMILES string of the molecule is Cc1cn2cc(NC(=O)c3ccc(N(C)C4CCN(C)CC4)c4cc(C)oc34)cc(F)c2n1. The van der Waals surface area contributed by atoms with Crippen molar-refractivity contribution in [1.82, 2.24) is 14.3 Å². The molecule has 4 aromatic rings. The maximum absolute atomic E-state index is 14.5. The van der Waals surface area contributed by atoms with Gasteiger partial charge in [0, 0.05) is 42.6 Å². The van der Waals surface area contributed by atoms with Gasteiger partial charge >= 0.3 is 0 Å². The number of nitrogens with zero attached hydrogens (tertiary/aromatic N) is 4. The molecule has 0 radical (unpaired) electrons. The van der Waals surface area contributed by atoms with Gasteiger partial charge in [-0.05, 0) is 65.0 Å². The summed E-state index contributed by atoms with van der Waals surface area (Å²) in [6.07, 6.45) is 5.56. The quantitative estimate of drug-likeness (QED) is 0.493. The first-order chi connectivity index (χ1) is 15.8. The van der Waals surface area contributed by atoms with Gasteiger partial charge in [-0.3, -0.25) is 4.79 Å². The van der Waals surface area contributed by atoms with Gasteiger partial charge in [0.05, 0.1) is 16.9 Å². The number of benzene rings is 1. The number of amides is 1. The molecule has 3 aromatic heterocycles. The molecule has 172 valence electrons. The van der Waals surface area contributed by atoms with Crippen molar-refractivity contribution < 1.29 is 13.6 Å². The number of aryl methyl sites for hydroxylation is 2. The van der Waals surface area contributed by atoms with Crippen LogP contribution in [0, 0.1) is 19.7 Å². The monoisotopic (exact) mass is 449 g/mol. The van der Waals surface area contributed by atoms with Crippen LogP contribution in [0.25, 0.3) is 16.6 Å². The Hall–Kier alpha value is -3.39. The van der Waals surface area contributed by atoms with E-state index in [-0.39, 0.29) is 11.6 Å². The Morgan fingerprint density at radius 3 is 2.73 bits per heavy atom. The zero-order valence-electron chi connectivity index (χ0n) is 19.4. The van der Waals surface area contributed by atoms with Crippen LogP contribution in [-0.4, -0.2) is 53.4 Å². The van der Waals surface area contributed by atoms with E-state index in [1.165, 1.54) is 6.07 Å². The molecule has 8 heteroatoms. The van der Waals surface area contributed by atoms with Crippen LogP contribution < -0.4 is 10.2 Å². The smallest absolute Gasteiger partial charge is 0.259 e. The Bertz CT molecular complexity index is 1350. The van der Waals surface area contributed by atoms with Crippen LogP contribution in [0.5, 0.6) is 0 Å². The molecule has 0 atom stereocenters. The second-order valence-corrected chi connectivity index (χ2v) is 9.02. The third-order valence-electron chi connectivity index (χ3n) is 6.53. The Morgan fingerprint density at radius 2 is 1.97 bits per heavy atom. The lowest BCUT2D eigenvalue weighted by Crippen LogP contribution is -2.42. The fraction of sp³-hybridized carbons (Fsp3) is 0.360. The van der Waals surface area contributed by atoms with Crippen molar-refractivity contribution in [2.24, 2.45) is 0 Å². The lowest BCUT2D eigenvalue weighted by Gasteiger charge is -2.36. The number of furan rings is 1. The number of anilines is 2. The van der Waals surface area contributed by atoms with Gasteiger partial charge in [-0.15, -0.1) is 0 Å². The van der Waals surface area contributed by atoms with Crippen LogP contribution in [0.4, 0.5) is 15.8 Å². The predicted molar refractivity (Wildman–Crippen MR) is 128 cm³/mol. The summed E-state index contributed by atoms with van der Waals surface area (Å²) in [6.45, 7) is 5.82. The molecule has 5 rings (SSSR count). The second-order valence-electron chi connectivity index (χ2n) is 9.02. The highest BCUT2D eigenvalue weighted by molar-refractivity contribution is 6.13. The van der Waals surface area contributed by atoms with E-state index in [0.717, 1.165) is 42.8 Å². The number of carbonyl (C=O) groups excluding carboxylic acids is 1. The molecule has 0 bridgehead atoms. The molecular weight excluding hydrogens is 421 g/mol. The third-order valence-corrected chi connectivity index (χ3v) is 6.53. The molecule has 1 aliphatic heterocycles. The summed E-state index contributed by atoms with van der Waals surface area (Å²) < 4.78 is 22.0. The molecule has 0 spiro atoms. The topological polar surface area (TPSA) is 66.0 Å². The Kier molecular flexibility index (Phi) is 5.32. The van der Waals surface area contributed by atoms with Crippen molar-refractivity contribution >= 4 is 33.9 Å². The standard InChI is InChI=1S/C25H28FN5O2/c1-15-13-31-14-17(12-21(26)24(31)27-15)28-25(32)19-5-6-22(20-11-16(2)33-23(19)20)30(4)18-7-9-29(3)10-8-18/h5-6,11-14,18H,7-10H2,1-4H3,(H,28,32). The van der Waals surface area contributed by atoms with E-state index in [1.807, 2.05) is 19.1 Å². The minimum atomic E-state index is -0.491. The van der Waals surface area contributed by atoms with Gasteiger partial charge in [-0.2, -0.15) is 0 Å². The van der Waals surface area contributed by atoms with Gasteiger partial charge in [-0.25, -0.2) is 9.37 Å². The summed E-state index contributed by atoms with van der Waals surface area (Å²) in [5, 5.41) is 3.72. The van der Waals surface area contributed by atoms with Gasteiger partial charge in [-0.1, -0.05) is 0 Å². The highest BCUT2D eigenvalue weighted by Crippen LogP contribution is 2.34. The average Bonchev–Trinajstić information content (AvgIpc) is 3.34. The molecule has 1 aromatic carbocycles. The van der Waals surface area contributed by atoms with E-state index < -0.39 is 5.82 Å². The Balaban J connectivity index is 1.46. The van der Waals surface area contributed by atoms with Crippen LogP contribution in [-0.2, 0) is 0 Å². The molecule has 7 nitrogen and oxygen atoms in total. The van der Waals surface area contributed by atoms with Gasteiger partial charge in [0.2, 0.25) is 0 Å². The molecule has 1 aliphatic rings. The molecule has 1 N–H and O–H groups in total. The van der Waals surface area contributed by atoms with Gasteiger partial charge < -0.3 is 23.9 Å². The number of carbonyl (C=O) groups is 1. The summed E-state index contributed by atoms with van der Waals surface area (Å²) >= 11 is 0. The van der Waals surface area contributed by atoms with Crippen molar-refractivity contribution in [3.05, 3.63) is 59.5 Å². The van der Waals surface area contributed by atoms with Crippen molar-refractivity contribution in [3.63, 3.8) is 0 Å². The van der Waals surface area contributed by atoms with Crippen LogP contribution in [0.3, 0.4) is 0 Å². The first kappa shape index (κ1) is 21.5. The second kappa shape index (κ2) is 8.19. The highest BCUT2D eigenvalue weighted by Gasteiger charge is 2.24. The average molecular weight is 450 g/mol. The summed E-state index contributed by atoms with van der Waals surface area (Å²) in [4.78, 5) is 22.0. The van der Waals surface area contributed by atoms with Gasteiger partial charge in [0.15, 0.2) is 11.5 Å². The number of imidazole rings is 1. The van der Waals surface area contributed by atoms with E-state index in [0.29, 0.717) is 28.6 Å². The summed E-state index contributed by atoms with van der Waals surface area (Å²) in [7, 11) is 4.26. The first-order valence-electron chi connectivity index (χ1n) is 11.2. The van der Waals surface area contributed by atoms with Crippen LogP contribution in [0.2, 0.25) is 0 Å². The number of piperidine rings is 1. The number of aromatic nitrogens is 2. The number of hydrogen-bond acceptors (Lipinski definition) is 5. The van der Waals surface area contributed by atoms with Gasteiger partial charge in [0.25, 0.3) is 5.91 Å². The van der Waals surface area contributed by atoms with E-state index >= 15 is 0 Å². The molecule has 33 heavy (non-hydrogen) atoms. The number of likely N-dealkylation sites (tertiary alicyclic amines) is 1. The van der Waals surface area contributed by atoms with Crippen molar-refractivity contribution in [3.8, 4) is 0 Å². The predicted octanol–water partition coefficient (Wildman–Crippen LogP) is 4.62. The lowest BCUT2D eigenvalue weighted by molar-refractivity contribution is 0.102. The normalized spacial score (nSPS) is 15.4. The zero-order chi connectivity index (χ0) is 23.3. The van der Waals surface area contributed by atoms with E-state index in [4.69, 9.17) is 4.42 Å². The summed E-state index contributed by atoms with van der Waals surface area (Å²) in [5.74, 6) is -0.0990. The molecule has 0 unspecified atom stereocenters. The largest absolute Gasteiger partial charge is 0.460 e. The van der Waals surface area contributed by atoms with E-state index in [9.17, 15) is 9.18 Å². The maximum Gasteiger partial charge on any atom is 0.259 e. The molecule has 0 saturated carbocycles. The van der Waals surface area contributed by atoms with Crippen LogP contribution >= 0.6 is 0 Å². The number of halogens is 1. The molecule has 1 saturated heterocycles. The number of hydrogen-bond donors (Lipinski definition) is 1. The highest BCUT2D eigenvalue weighted by atomic mass is 19.1. The molecule has 1 fully saturated rings. The summed E-state index contributed by atoms with van der Waals surface area (Å²) in [6, 6.07) is 7.47. The first-order valence-corrected chi connectivity index (χ1v) is 11.2. The lowest BCUT2D eigenvalue weighted by atomic mass is 10.0. The Morgan fingerprint density at radius 1 is 1.21 bits per heavy atom. The fourth-order valence-electron chi connectivity index (χ4n) is 4.74. The number of fused-ring (bicyclic) bond motifs is 2. The number of pyridine rings is 1.